The first kappa shape index (κ1) is 16.5. The largest absolute Gasteiger partial charge is 0.378 e. The second kappa shape index (κ2) is 7.49. The molecule has 0 amide bonds. The van der Waals surface area contributed by atoms with Crippen molar-refractivity contribution >= 4 is 5.82 Å². The van der Waals surface area contributed by atoms with E-state index in [1.165, 1.54) is 0 Å². The molecule has 0 aromatic carbocycles. The summed E-state index contributed by atoms with van der Waals surface area (Å²) in [6, 6.07) is 4.00. The van der Waals surface area contributed by atoms with Crippen LogP contribution in [0.25, 0.3) is 11.4 Å². The first-order valence-corrected chi connectivity index (χ1v) is 9.05. The molecule has 0 bridgehead atoms. The van der Waals surface area contributed by atoms with Gasteiger partial charge in [-0.3, -0.25) is 0 Å². The Morgan fingerprint density at radius 1 is 1.20 bits per heavy atom. The number of pyridine rings is 1. The molecule has 0 spiro atoms. The third kappa shape index (κ3) is 3.99. The summed E-state index contributed by atoms with van der Waals surface area (Å²) in [5, 5.41) is 4.09. The third-order valence-corrected chi connectivity index (χ3v) is 4.81. The molecular formula is C18H24N4O3. The Hall–Kier alpha value is -1.99. The number of aryl methyl sites for hydroxylation is 1. The number of rotatable bonds is 5. The fourth-order valence-electron chi connectivity index (χ4n) is 3.35. The summed E-state index contributed by atoms with van der Waals surface area (Å²) in [6.45, 7) is 5.38. The van der Waals surface area contributed by atoms with Crippen LogP contribution in [0.15, 0.2) is 22.9 Å². The molecule has 25 heavy (non-hydrogen) atoms. The van der Waals surface area contributed by atoms with Gasteiger partial charge in [0.1, 0.15) is 5.82 Å². The van der Waals surface area contributed by atoms with Crippen LogP contribution in [0.1, 0.15) is 32.1 Å². The van der Waals surface area contributed by atoms with Crippen molar-refractivity contribution in [3.63, 3.8) is 0 Å². The van der Waals surface area contributed by atoms with Crippen LogP contribution >= 0.6 is 0 Å². The van der Waals surface area contributed by atoms with Crippen molar-refractivity contribution in [3.05, 3.63) is 24.2 Å². The van der Waals surface area contributed by atoms with Crippen molar-refractivity contribution in [3.8, 4) is 11.4 Å². The zero-order valence-corrected chi connectivity index (χ0v) is 14.6. The number of aromatic nitrogens is 3. The Morgan fingerprint density at radius 3 is 2.80 bits per heavy atom. The second-order valence-corrected chi connectivity index (χ2v) is 6.70. The van der Waals surface area contributed by atoms with E-state index in [2.05, 4.69) is 26.9 Å². The van der Waals surface area contributed by atoms with Crippen LogP contribution in [-0.2, 0) is 15.9 Å². The molecule has 2 saturated heterocycles. The molecule has 2 unspecified atom stereocenters. The monoisotopic (exact) mass is 344 g/mol. The molecule has 0 saturated carbocycles. The lowest BCUT2D eigenvalue weighted by molar-refractivity contribution is 0.0500. The van der Waals surface area contributed by atoms with Gasteiger partial charge in [0.25, 0.3) is 0 Å². The maximum absolute atomic E-state index is 5.83. The minimum atomic E-state index is 0.319. The number of morpholine rings is 1. The van der Waals surface area contributed by atoms with E-state index >= 15 is 0 Å². The average molecular weight is 344 g/mol. The Kier molecular flexibility index (Phi) is 4.94. The zero-order valence-electron chi connectivity index (χ0n) is 14.6. The summed E-state index contributed by atoms with van der Waals surface area (Å²) in [4.78, 5) is 11.2. The highest BCUT2D eigenvalue weighted by atomic mass is 16.5. The van der Waals surface area contributed by atoms with Crippen LogP contribution in [0.4, 0.5) is 5.82 Å². The van der Waals surface area contributed by atoms with E-state index in [4.69, 9.17) is 14.0 Å². The van der Waals surface area contributed by atoms with Gasteiger partial charge in [-0.05, 0) is 38.3 Å². The summed E-state index contributed by atoms with van der Waals surface area (Å²) in [7, 11) is 0. The summed E-state index contributed by atoms with van der Waals surface area (Å²) >= 11 is 0. The first-order valence-electron chi connectivity index (χ1n) is 9.05. The van der Waals surface area contributed by atoms with Crippen molar-refractivity contribution < 1.29 is 14.0 Å². The Labute approximate surface area is 147 Å². The highest BCUT2D eigenvalue weighted by Gasteiger charge is 2.22. The van der Waals surface area contributed by atoms with Gasteiger partial charge in [0.15, 0.2) is 0 Å². The SMILES string of the molecule is CC1CCC(CCc2nc(-c3ccc(N4CCOCC4)nc3)no2)O1. The van der Waals surface area contributed by atoms with Crippen molar-refractivity contribution in [1.82, 2.24) is 15.1 Å². The molecule has 2 aliphatic heterocycles. The maximum atomic E-state index is 5.83. The van der Waals surface area contributed by atoms with Crippen molar-refractivity contribution in [2.45, 2.75) is 44.8 Å². The van der Waals surface area contributed by atoms with Gasteiger partial charge in [-0.25, -0.2) is 4.98 Å². The van der Waals surface area contributed by atoms with E-state index in [0.717, 1.165) is 63.4 Å². The minimum absolute atomic E-state index is 0.319. The number of hydrogen-bond acceptors (Lipinski definition) is 7. The van der Waals surface area contributed by atoms with Crippen LogP contribution in [0.2, 0.25) is 0 Å². The molecule has 2 atom stereocenters. The first-order chi connectivity index (χ1) is 12.3. The normalized spacial score (nSPS) is 24.0. The van der Waals surface area contributed by atoms with Crippen LogP contribution in [0, 0.1) is 0 Å². The molecule has 2 fully saturated rings. The summed E-state index contributed by atoms with van der Waals surface area (Å²) in [6.07, 6.45) is 6.44. The van der Waals surface area contributed by atoms with E-state index in [1.54, 1.807) is 6.20 Å². The molecule has 7 heteroatoms. The van der Waals surface area contributed by atoms with Gasteiger partial charge < -0.3 is 18.9 Å². The van der Waals surface area contributed by atoms with Gasteiger partial charge in [-0.2, -0.15) is 4.98 Å². The third-order valence-electron chi connectivity index (χ3n) is 4.81. The van der Waals surface area contributed by atoms with Gasteiger partial charge in [0, 0.05) is 31.3 Å². The number of ether oxygens (including phenoxy) is 2. The highest BCUT2D eigenvalue weighted by Crippen LogP contribution is 2.24. The number of nitrogens with zero attached hydrogens (tertiary/aromatic N) is 4. The topological polar surface area (TPSA) is 73.5 Å². The van der Waals surface area contributed by atoms with Gasteiger partial charge >= 0.3 is 0 Å². The van der Waals surface area contributed by atoms with E-state index in [0.29, 0.717) is 23.9 Å². The van der Waals surface area contributed by atoms with Gasteiger partial charge in [-0.15, -0.1) is 0 Å². The molecule has 134 valence electrons. The summed E-state index contributed by atoms with van der Waals surface area (Å²) in [5.41, 5.74) is 0.873. The maximum Gasteiger partial charge on any atom is 0.227 e. The van der Waals surface area contributed by atoms with Crippen LogP contribution in [0.3, 0.4) is 0 Å². The predicted octanol–water partition coefficient (Wildman–Crippen LogP) is 2.47. The standard InChI is InChI=1S/C18H24N4O3/c1-13-2-4-15(24-13)5-7-17-20-18(21-25-17)14-3-6-16(19-12-14)22-8-10-23-11-9-22/h3,6,12-13,15H,2,4-5,7-11H2,1H3. The number of anilines is 1. The highest BCUT2D eigenvalue weighted by molar-refractivity contribution is 5.55. The lowest BCUT2D eigenvalue weighted by Crippen LogP contribution is -2.36. The molecule has 0 aliphatic carbocycles. The van der Waals surface area contributed by atoms with Crippen LogP contribution in [0.5, 0.6) is 0 Å². The lowest BCUT2D eigenvalue weighted by Gasteiger charge is -2.27. The molecule has 7 nitrogen and oxygen atoms in total. The second-order valence-electron chi connectivity index (χ2n) is 6.70. The average Bonchev–Trinajstić information content (AvgIpc) is 3.30. The van der Waals surface area contributed by atoms with E-state index < -0.39 is 0 Å². The molecule has 2 aromatic heterocycles. The lowest BCUT2D eigenvalue weighted by atomic mass is 10.1. The van der Waals surface area contributed by atoms with Crippen LogP contribution < -0.4 is 4.90 Å². The Balaban J connectivity index is 1.36. The quantitative estimate of drug-likeness (QED) is 0.825. The number of hydrogen-bond donors (Lipinski definition) is 0. The molecule has 2 aromatic rings. The molecule has 4 rings (SSSR count). The van der Waals surface area contributed by atoms with E-state index in [9.17, 15) is 0 Å². The zero-order chi connectivity index (χ0) is 17.1. The summed E-state index contributed by atoms with van der Waals surface area (Å²) < 4.78 is 16.6. The fourth-order valence-corrected chi connectivity index (χ4v) is 3.35. The van der Waals surface area contributed by atoms with Crippen molar-refractivity contribution in [1.29, 1.82) is 0 Å². The van der Waals surface area contributed by atoms with E-state index in [1.807, 2.05) is 12.1 Å². The van der Waals surface area contributed by atoms with E-state index in [-0.39, 0.29) is 0 Å². The minimum Gasteiger partial charge on any atom is -0.378 e. The van der Waals surface area contributed by atoms with Gasteiger partial charge in [-0.1, -0.05) is 5.16 Å². The predicted molar refractivity (Wildman–Crippen MR) is 92.5 cm³/mol. The molecule has 0 radical (unpaired) electrons. The molecule has 0 N–H and O–H groups in total. The molecule has 2 aliphatic rings. The fraction of sp³-hybridized carbons (Fsp3) is 0.611. The summed E-state index contributed by atoms with van der Waals surface area (Å²) in [5.74, 6) is 2.22. The van der Waals surface area contributed by atoms with Crippen molar-refractivity contribution in [2.24, 2.45) is 0 Å². The smallest absolute Gasteiger partial charge is 0.227 e. The van der Waals surface area contributed by atoms with Crippen LogP contribution in [-0.4, -0.2) is 53.6 Å². The Morgan fingerprint density at radius 2 is 2.08 bits per heavy atom. The van der Waals surface area contributed by atoms with Crippen molar-refractivity contribution in [2.75, 3.05) is 31.2 Å². The Bertz CT molecular complexity index is 682. The van der Waals surface area contributed by atoms with Gasteiger partial charge in [0.2, 0.25) is 11.7 Å². The molecule has 4 heterocycles. The van der Waals surface area contributed by atoms with Gasteiger partial charge in [0.05, 0.1) is 25.4 Å². The molecular weight excluding hydrogens is 320 g/mol.